The van der Waals surface area contributed by atoms with E-state index in [1.807, 2.05) is 0 Å². The molecule has 2 N–H and O–H groups in total. The normalized spacial score (nSPS) is 10.9. The second kappa shape index (κ2) is 5.14. The van der Waals surface area contributed by atoms with E-state index in [1.165, 1.54) is 6.21 Å². The summed E-state index contributed by atoms with van der Waals surface area (Å²) in [6.45, 7) is 3.59. The van der Waals surface area contributed by atoms with Crippen LogP contribution in [-0.4, -0.2) is 17.2 Å². The Labute approximate surface area is 88.6 Å². The summed E-state index contributed by atoms with van der Waals surface area (Å²) in [5, 5.41) is 12.8. The van der Waals surface area contributed by atoms with E-state index in [9.17, 15) is 4.79 Å². The Morgan fingerprint density at radius 2 is 2.00 bits per heavy atom. The van der Waals surface area contributed by atoms with E-state index >= 15 is 0 Å². The molecule has 0 aliphatic heterocycles. The molecule has 4 nitrogen and oxygen atoms in total. The van der Waals surface area contributed by atoms with Crippen molar-refractivity contribution in [3.05, 3.63) is 29.8 Å². The van der Waals surface area contributed by atoms with Gasteiger partial charge in [-0.05, 0) is 29.8 Å². The highest BCUT2D eigenvalue weighted by molar-refractivity contribution is 5.83. The van der Waals surface area contributed by atoms with Gasteiger partial charge in [0.25, 0.3) is 0 Å². The van der Waals surface area contributed by atoms with Crippen LogP contribution in [-0.2, 0) is 4.79 Å². The maximum Gasteiger partial charge on any atom is 0.242 e. The minimum absolute atomic E-state index is 0.0815. The average molecular weight is 206 g/mol. The minimum Gasteiger partial charge on any atom is -0.508 e. The zero-order chi connectivity index (χ0) is 11.3. The molecule has 0 atom stereocenters. The molecule has 0 saturated carbocycles. The molecule has 0 spiro atoms. The third-order valence-electron chi connectivity index (χ3n) is 1.81. The van der Waals surface area contributed by atoms with E-state index in [0.717, 1.165) is 5.56 Å². The predicted molar refractivity (Wildman–Crippen MR) is 58.7 cm³/mol. The van der Waals surface area contributed by atoms with Crippen molar-refractivity contribution in [1.82, 2.24) is 5.43 Å². The van der Waals surface area contributed by atoms with Crippen LogP contribution in [0.5, 0.6) is 5.75 Å². The van der Waals surface area contributed by atoms with Crippen molar-refractivity contribution < 1.29 is 9.90 Å². The van der Waals surface area contributed by atoms with Crippen LogP contribution in [0.15, 0.2) is 29.4 Å². The van der Waals surface area contributed by atoms with E-state index in [1.54, 1.807) is 38.1 Å². The summed E-state index contributed by atoms with van der Waals surface area (Å²) < 4.78 is 0. The van der Waals surface area contributed by atoms with Crippen molar-refractivity contribution in [2.24, 2.45) is 11.0 Å². The van der Waals surface area contributed by atoms with Crippen molar-refractivity contribution >= 4 is 12.1 Å². The number of nitrogens with zero attached hydrogens (tertiary/aromatic N) is 1. The van der Waals surface area contributed by atoms with Crippen LogP contribution in [0.4, 0.5) is 0 Å². The maximum atomic E-state index is 11.1. The monoisotopic (exact) mass is 206 g/mol. The third kappa shape index (κ3) is 3.81. The number of hydrazone groups is 1. The molecule has 0 saturated heterocycles. The molecule has 1 amide bonds. The zero-order valence-corrected chi connectivity index (χ0v) is 8.77. The molecule has 1 aromatic carbocycles. The highest BCUT2D eigenvalue weighted by Gasteiger charge is 2.03. The summed E-state index contributed by atoms with van der Waals surface area (Å²) in [5.41, 5.74) is 3.23. The summed E-state index contributed by atoms with van der Waals surface area (Å²) in [4.78, 5) is 11.1. The summed E-state index contributed by atoms with van der Waals surface area (Å²) >= 11 is 0. The molecule has 0 aliphatic carbocycles. The highest BCUT2D eigenvalue weighted by Crippen LogP contribution is 2.07. The van der Waals surface area contributed by atoms with Crippen LogP contribution >= 0.6 is 0 Å². The molecule has 0 aliphatic rings. The van der Waals surface area contributed by atoms with Gasteiger partial charge in [-0.1, -0.05) is 13.8 Å². The van der Waals surface area contributed by atoms with E-state index < -0.39 is 0 Å². The third-order valence-corrected chi connectivity index (χ3v) is 1.81. The zero-order valence-electron chi connectivity index (χ0n) is 8.77. The standard InChI is InChI=1S/C11H14N2O2/c1-8(2)11(15)13-12-7-9-3-5-10(14)6-4-9/h3-8,14H,1-2H3,(H,13,15)/b12-7+. The fourth-order valence-electron chi connectivity index (χ4n) is 0.860. The Bertz CT molecular complexity index is 355. The van der Waals surface area contributed by atoms with Gasteiger partial charge in [0.05, 0.1) is 6.21 Å². The molecule has 0 unspecified atom stereocenters. The summed E-state index contributed by atoms with van der Waals surface area (Å²) in [6.07, 6.45) is 1.53. The molecule has 0 fully saturated rings. The largest absolute Gasteiger partial charge is 0.508 e. The van der Waals surface area contributed by atoms with Gasteiger partial charge in [-0.15, -0.1) is 0 Å². The minimum atomic E-state index is -0.120. The van der Waals surface area contributed by atoms with E-state index in [2.05, 4.69) is 10.5 Å². The van der Waals surface area contributed by atoms with Crippen molar-refractivity contribution in [3.63, 3.8) is 0 Å². The van der Waals surface area contributed by atoms with Gasteiger partial charge < -0.3 is 5.11 Å². The molecular weight excluding hydrogens is 192 g/mol. The molecule has 0 aromatic heterocycles. The van der Waals surface area contributed by atoms with Gasteiger partial charge in [0, 0.05) is 5.92 Å². The first-order valence-electron chi connectivity index (χ1n) is 4.71. The molecule has 1 rings (SSSR count). The number of phenols is 1. The van der Waals surface area contributed by atoms with Gasteiger partial charge in [0.2, 0.25) is 5.91 Å². The van der Waals surface area contributed by atoms with Gasteiger partial charge in [-0.3, -0.25) is 4.79 Å². The van der Waals surface area contributed by atoms with Crippen molar-refractivity contribution in [1.29, 1.82) is 0 Å². The number of amides is 1. The maximum absolute atomic E-state index is 11.1. The fourth-order valence-corrected chi connectivity index (χ4v) is 0.860. The molecule has 80 valence electrons. The number of nitrogens with one attached hydrogen (secondary N) is 1. The van der Waals surface area contributed by atoms with Crippen LogP contribution in [0, 0.1) is 5.92 Å². The summed E-state index contributed by atoms with van der Waals surface area (Å²) in [5.74, 6) is 0.00496. The number of carbonyl (C=O) groups is 1. The van der Waals surface area contributed by atoms with Gasteiger partial charge in [0.15, 0.2) is 0 Å². The van der Waals surface area contributed by atoms with Crippen molar-refractivity contribution in [2.45, 2.75) is 13.8 Å². The number of benzene rings is 1. The lowest BCUT2D eigenvalue weighted by Gasteiger charge is -2.01. The van der Waals surface area contributed by atoms with Crippen molar-refractivity contribution in [2.75, 3.05) is 0 Å². The second-order valence-corrected chi connectivity index (χ2v) is 3.48. The van der Waals surface area contributed by atoms with E-state index in [0.29, 0.717) is 0 Å². The van der Waals surface area contributed by atoms with Gasteiger partial charge in [0.1, 0.15) is 5.75 Å². The van der Waals surface area contributed by atoms with E-state index in [4.69, 9.17) is 5.11 Å². The molecule has 15 heavy (non-hydrogen) atoms. The van der Waals surface area contributed by atoms with Gasteiger partial charge in [-0.25, -0.2) is 5.43 Å². The highest BCUT2D eigenvalue weighted by atomic mass is 16.3. The number of phenolic OH excluding ortho intramolecular Hbond substituents is 1. The number of rotatable bonds is 3. The number of hydrogen-bond donors (Lipinski definition) is 2. The topological polar surface area (TPSA) is 61.7 Å². The first-order chi connectivity index (χ1) is 7.09. The molecule has 0 bridgehead atoms. The number of hydrogen-bond acceptors (Lipinski definition) is 3. The van der Waals surface area contributed by atoms with Crippen molar-refractivity contribution in [3.8, 4) is 5.75 Å². The quantitative estimate of drug-likeness (QED) is 0.581. The first-order valence-corrected chi connectivity index (χ1v) is 4.71. The van der Waals surface area contributed by atoms with Crippen LogP contribution in [0.2, 0.25) is 0 Å². The summed E-state index contributed by atoms with van der Waals surface area (Å²) in [7, 11) is 0. The van der Waals surface area contributed by atoms with Crippen LogP contribution in [0.3, 0.4) is 0 Å². The average Bonchev–Trinajstić information content (AvgIpc) is 2.20. The Balaban J connectivity index is 2.51. The smallest absolute Gasteiger partial charge is 0.242 e. The number of aromatic hydroxyl groups is 1. The Morgan fingerprint density at radius 1 is 1.40 bits per heavy atom. The first kappa shape index (κ1) is 11.2. The number of carbonyl (C=O) groups excluding carboxylic acids is 1. The Kier molecular flexibility index (Phi) is 3.85. The Hall–Kier alpha value is -1.84. The van der Waals surface area contributed by atoms with Crippen LogP contribution < -0.4 is 5.43 Å². The SMILES string of the molecule is CC(C)C(=O)N/N=C/c1ccc(O)cc1. The molecule has 4 heteroatoms. The molecule has 1 aromatic rings. The lowest BCUT2D eigenvalue weighted by Crippen LogP contribution is -2.22. The second-order valence-electron chi connectivity index (χ2n) is 3.48. The van der Waals surface area contributed by atoms with Gasteiger partial charge in [-0.2, -0.15) is 5.10 Å². The van der Waals surface area contributed by atoms with Crippen LogP contribution in [0.1, 0.15) is 19.4 Å². The van der Waals surface area contributed by atoms with Crippen LogP contribution in [0.25, 0.3) is 0 Å². The summed E-state index contributed by atoms with van der Waals surface area (Å²) in [6, 6.07) is 6.54. The molecular formula is C11H14N2O2. The predicted octanol–water partition coefficient (Wildman–Crippen LogP) is 1.50. The van der Waals surface area contributed by atoms with Gasteiger partial charge >= 0.3 is 0 Å². The molecule has 0 radical (unpaired) electrons. The fraction of sp³-hybridized carbons (Fsp3) is 0.273. The van der Waals surface area contributed by atoms with E-state index in [-0.39, 0.29) is 17.6 Å². The molecule has 0 heterocycles. The lowest BCUT2D eigenvalue weighted by molar-refractivity contribution is -0.123. The Morgan fingerprint density at radius 3 is 2.53 bits per heavy atom. The lowest BCUT2D eigenvalue weighted by atomic mass is 10.2.